The van der Waals surface area contributed by atoms with Crippen LogP contribution in [0.5, 0.6) is 0 Å². The molecule has 2 aromatic rings. The molecule has 99 heavy (non-hydrogen) atoms. The zero-order valence-corrected chi connectivity index (χ0v) is 69.4. The fourth-order valence-electron chi connectivity index (χ4n) is 14.8. The predicted molar refractivity (Wildman–Crippen MR) is 435 cm³/mol. The zero-order chi connectivity index (χ0) is 70.7. The van der Waals surface area contributed by atoms with E-state index in [-0.39, 0.29) is 32.8 Å². The molecule has 0 spiro atoms. The molecule has 0 amide bonds. The van der Waals surface area contributed by atoms with Gasteiger partial charge in [0.2, 0.25) is 0 Å². The quantitative estimate of drug-likeness (QED) is 0.0370. The number of hydrogen-bond acceptors (Lipinski definition) is 6. The van der Waals surface area contributed by atoms with Crippen molar-refractivity contribution in [1.29, 1.82) is 0 Å². The van der Waals surface area contributed by atoms with E-state index in [1.54, 1.807) is 24.3 Å². The van der Waals surface area contributed by atoms with Crippen LogP contribution in [0.15, 0.2) is 58.3 Å². The Morgan fingerprint density at radius 2 is 0.283 bits per heavy atom. The molecule has 0 aromatic heterocycles. The first kappa shape index (κ1) is 98.0. The van der Waals surface area contributed by atoms with Crippen molar-refractivity contribution in [2.75, 3.05) is 0 Å². The van der Waals surface area contributed by atoms with Gasteiger partial charge in [-0.25, -0.2) is 16.8 Å². The molecule has 0 heterocycles. The average Bonchev–Trinajstić information content (AvgIpc) is 0.922. The van der Waals surface area contributed by atoms with Crippen molar-refractivity contribution in [2.45, 2.75) is 512 Å². The third-order valence-corrected chi connectivity index (χ3v) is 23.3. The van der Waals surface area contributed by atoms with Gasteiger partial charge in [-0.3, -0.25) is 0 Å². The Morgan fingerprint density at radius 1 is 0.182 bits per heavy atom. The maximum absolute atomic E-state index is 11.0. The van der Waals surface area contributed by atoms with Crippen molar-refractivity contribution in [3.8, 4) is 0 Å². The largest absolute Gasteiger partial charge is 2.00 e. The number of hydrogen-bond donors (Lipinski definition) is 0. The van der Waals surface area contributed by atoms with Gasteiger partial charge in [0, 0.05) is 0 Å². The molecule has 0 atom stereocenters. The van der Waals surface area contributed by atoms with Crippen LogP contribution in [0, 0.1) is 0 Å². The van der Waals surface area contributed by atoms with Crippen LogP contribution in [0.2, 0.25) is 0 Å². The van der Waals surface area contributed by atoms with E-state index in [2.05, 4.69) is 13.8 Å². The van der Waals surface area contributed by atoms with Gasteiger partial charge in [0.05, 0.1) is 9.79 Å². The molecule has 0 aliphatic carbocycles. The van der Waals surface area contributed by atoms with E-state index in [1.807, 2.05) is 0 Å². The van der Waals surface area contributed by atoms with Gasteiger partial charge in [-0.1, -0.05) is 500 Å². The van der Waals surface area contributed by atoms with Crippen LogP contribution in [-0.2, 0) is 33.1 Å². The van der Waals surface area contributed by atoms with Gasteiger partial charge < -0.3 is 9.11 Å². The fourth-order valence-corrected chi connectivity index (χ4v) is 15.8. The smallest absolute Gasteiger partial charge is 0.744 e. The molecule has 6 nitrogen and oxygen atoms in total. The van der Waals surface area contributed by atoms with Crippen LogP contribution >= 0.6 is 0 Å². The van der Waals surface area contributed by atoms with Gasteiger partial charge in [-0.05, 0) is 61.1 Å². The summed E-state index contributed by atoms with van der Waals surface area (Å²) in [5, 5.41) is 0. The van der Waals surface area contributed by atoms with Crippen molar-refractivity contribution in [2.24, 2.45) is 0 Å². The zero-order valence-electron chi connectivity index (χ0n) is 66.3. The van der Waals surface area contributed by atoms with Crippen molar-refractivity contribution in [3.63, 3.8) is 0 Å². The first-order valence-electron chi connectivity index (χ1n) is 44.2. The van der Waals surface area contributed by atoms with Crippen LogP contribution in [-0.4, -0.2) is 49.0 Å². The standard InChI is InChI=1S/2C45H84O3S.Mg/c2*1-2-3-4-5-6-7-8-9-10-11-12-13-14-15-16-17-18-19-20-21-22-23-24-25-26-27-28-29-30-31-32-33-34-35-36-37-38-39-44-40-42-45(43-41-44)49(46,47)48;/h2*40-43H,2-39H2,1H3,(H,46,47,48);/q;;+2/p-2. The number of unbranched alkanes of at least 4 members (excludes halogenated alkanes) is 72. The molecule has 576 valence electrons. The minimum Gasteiger partial charge on any atom is -0.744 e. The van der Waals surface area contributed by atoms with Gasteiger partial charge in [0.25, 0.3) is 0 Å². The Hall–Kier alpha value is -0.974. The summed E-state index contributed by atoms with van der Waals surface area (Å²) in [4.78, 5) is -0.263. The van der Waals surface area contributed by atoms with Crippen molar-refractivity contribution in [1.82, 2.24) is 0 Å². The van der Waals surface area contributed by atoms with E-state index in [0.717, 1.165) is 36.8 Å². The normalized spacial score (nSPS) is 11.8. The van der Waals surface area contributed by atoms with E-state index in [1.165, 1.54) is 487 Å². The molecule has 2 rings (SSSR count). The van der Waals surface area contributed by atoms with Gasteiger partial charge >= 0.3 is 23.1 Å². The first-order chi connectivity index (χ1) is 48.1. The molecule has 0 aliphatic heterocycles. The van der Waals surface area contributed by atoms with E-state index >= 15 is 0 Å². The van der Waals surface area contributed by atoms with Crippen LogP contribution in [0.25, 0.3) is 0 Å². The Balaban J connectivity index is 0.00000192. The summed E-state index contributed by atoms with van der Waals surface area (Å²) in [6.07, 6.45) is 108. The molecular weight excluding hydrogens is 1270 g/mol. The third-order valence-electron chi connectivity index (χ3n) is 21.6. The number of benzene rings is 2. The second-order valence-electron chi connectivity index (χ2n) is 31.2. The summed E-state index contributed by atoms with van der Waals surface area (Å²) in [6, 6.07) is 12.8. The summed E-state index contributed by atoms with van der Waals surface area (Å²) in [5.41, 5.74) is 2.23. The third kappa shape index (κ3) is 73.7. The molecule has 0 unspecified atom stereocenters. The van der Waals surface area contributed by atoms with E-state index in [9.17, 15) is 25.9 Å². The van der Waals surface area contributed by atoms with E-state index < -0.39 is 20.2 Å². The molecule has 0 fully saturated rings. The minimum atomic E-state index is -4.33. The molecule has 0 N–H and O–H groups in total. The summed E-state index contributed by atoms with van der Waals surface area (Å²) < 4.78 is 66.1. The van der Waals surface area contributed by atoms with Crippen LogP contribution in [0.4, 0.5) is 0 Å². The van der Waals surface area contributed by atoms with Crippen molar-refractivity contribution >= 4 is 43.3 Å². The Bertz CT molecular complexity index is 1950. The predicted octanol–water partition coefficient (Wildman–Crippen LogP) is 30.8. The fraction of sp³-hybridized carbons (Fsp3) is 0.867. The van der Waals surface area contributed by atoms with Crippen molar-refractivity contribution < 1.29 is 25.9 Å². The first-order valence-corrected chi connectivity index (χ1v) is 47.0. The SMILES string of the molecule is CCCCCCCCCCCCCCCCCCCCCCCCCCCCCCCCCCCCCCCc1ccc(S(=O)(=O)[O-])cc1.CCCCCCCCCCCCCCCCCCCCCCCCCCCCCCCCCCCCCCCc1ccc(S(=O)(=O)[O-])cc1.[Mg+2]. The number of rotatable bonds is 78. The summed E-state index contributed by atoms with van der Waals surface area (Å²) in [5.74, 6) is 0. The van der Waals surface area contributed by atoms with Crippen molar-refractivity contribution in [3.05, 3.63) is 59.7 Å². The molecular formula is C90H166MgO6S2. The molecule has 0 aliphatic rings. The summed E-state index contributed by atoms with van der Waals surface area (Å²) >= 11 is 0. The van der Waals surface area contributed by atoms with E-state index in [0.29, 0.717) is 0 Å². The topological polar surface area (TPSA) is 114 Å². The van der Waals surface area contributed by atoms with E-state index in [4.69, 9.17) is 0 Å². The Morgan fingerprint density at radius 3 is 0.384 bits per heavy atom. The maximum atomic E-state index is 11.0. The molecule has 0 saturated carbocycles. The Labute approximate surface area is 635 Å². The van der Waals surface area contributed by atoms with Gasteiger partial charge in [0.15, 0.2) is 0 Å². The second kappa shape index (κ2) is 78.1. The molecule has 2 aromatic carbocycles. The molecule has 0 bridgehead atoms. The average molecular weight is 1430 g/mol. The summed E-state index contributed by atoms with van der Waals surface area (Å²) in [6.45, 7) is 4.61. The van der Waals surface area contributed by atoms with Gasteiger partial charge in [-0.15, -0.1) is 0 Å². The Kier molecular flexibility index (Phi) is 77.3. The van der Waals surface area contributed by atoms with Gasteiger partial charge in [-0.2, -0.15) is 0 Å². The number of aryl methyl sites for hydroxylation is 2. The van der Waals surface area contributed by atoms with Crippen LogP contribution < -0.4 is 0 Å². The summed E-state index contributed by atoms with van der Waals surface area (Å²) in [7, 11) is -8.66. The minimum absolute atomic E-state index is 0. The molecule has 0 saturated heterocycles. The molecule has 0 radical (unpaired) electrons. The van der Waals surface area contributed by atoms with Crippen LogP contribution in [0.1, 0.15) is 500 Å². The van der Waals surface area contributed by atoms with Gasteiger partial charge in [0.1, 0.15) is 20.2 Å². The maximum Gasteiger partial charge on any atom is 2.00 e. The monoisotopic (exact) mass is 1430 g/mol. The second-order valence-corrected chi connectivity index (χ2v) is 33.9. The molecule has 9 heteroatoms. The van der Waals surface area contributed by atoms with Crippen LogP contribution in [0.3, 0.4) is 0 Å².